The summed E-state index contributed by atoms with van der Waals surface area (Å²) in [4.78, 5) is 12.9. The van der Waals surface area contributed by atoms with E-state index < -0.39 is 5.25 Å². The van der Waals surface area contributed by atoms with Crippen molar-refractivity contribution in [2.24, 2.45) is 7.05 Å². The van der Waals surface area contributed by atoms with E-state index in [0.29, 0.717) is 16.6 Å². The van der Waals surface area contributed by atoms with Gasteiger partial charge in [0.15, 0.2) is 5.16 Å². The number of thioether (sulfide) groups is 1. The fourth-order valence-electron chi connectivity index (χ4n) is 2.29. The molecule has 0 spiro atoms. The van der Waals surface area contributed by atoms with Crippen molar-refractivity contribution in [2.45, 2.75) is 10.4 Å². The molecule has 128 valence electrons. The summed E-state index contributed by atoms with van der Waals surface area (Å²) in [5, 5.41) is 11.1. The zero-order valence-corrected chi connectivity index (χ0v) is 14.7. The quantitative estimate of drug-likeness (QED) is 0.688. The molecular weight excluding hydrogens is 336 g/mol. The highest BCUT2D eigenvalue weighted by Gasteiger charge is 2.24. The predicted octanol–water partition coefficient (Wildman–Crippen LogP) is 3.30. The van der Waals surface area contributed by atoms with E-state index in [9.17, 15) is 4.79 Å². The largest absolute Gasteiger partial charge is 0.497 e. The maximum atomic E-state index is 12.9. The summed E-state index contributed by atoms with van der Waals surface area (Å²) in [6.07, 6.45) is 1.62. The second-order valence-corrected chi connectivity index (χ2v) is 6.43. The van der Waals surface area contributed by atoms with Crippen LogP contribution in [0.25, 0.3) is 0 Å². The Hall–Kier alpha value is -2.80. The van der Waals surface area contributed by atoms with Crippen molar-refractivity contribution in [1.82, 2.24) is 14.8 Å². The number of ether oxygens (including phenoxy) is 1. The Morgan fingerprint density at radius 1 is 1.20 bits per heavy atom. The molecule has 2 aromatic carbocycles. The number of aromatic nitrogens is 3. The number of benzene rings is 2. The smallest absolute Gasteiger partial charge is 0.242 e. The average molecular weight is 354 g/mol. The number of methoxy groups -OCH3 is 1. The minimum atomic E-state index is -0.449. The summed E-state index contributed by atoms with van der Waals surface area (Å²) in [6.45, 7) is 0. The SMILES string of the molecule is COc1cccc(NC(=O)[C@H](Sc2nncn2C)c2ccccc2)c1. The average Bonchev–Trinajstić information content (AvgIpc) is 3.05. The van der Waals surface area contributed by atoms with E-state index in [2.05, 4.69) is 15.5 Å². The molecule has 0 unspecified atom stereocenters. The van der Waals surface area contributed by atoms with E-state index in [-0.39, 0.29) is 5.91 Å². The van der Waals surface area contributed by atoms with E-state index in [0.717, 1.165) is 5.56 Å². The van der Waals surface area contributed by atoms with Crippen molar-refractivity contribution in [1.29, 1.82) is 0 Å². The van der Waals surface area contributed by atoms with Crippen molar-refractivity contribution in [3.8, 4) is 5.75 Å². The van der Waals surface area contributed by atoms with Gasteiger partial charge in [-0.25, -0.2) is 0 Å². The molecule has 7 heteroatoms. The first-order valence-corrected chi connectivity index (χ1v) is 8.56. The van der Waals surface area contributed by atoms with E-state index in [1.54, 1.807) is 24.1 Å². The molecular formula is C18H18N4O2S. The Balaban J connectivity index is 1.85. The molecule has 3 rings (SSSR count). The molecule has 6 nitrogen and oxygen atoms in total. The summed E-state index contributed by atoms with van der Waals surface area (Å²) in [5.41, 5.74) is 1.58. The summed E-state index contributed by atoms with van der Waals surface area (Å²) in [6, 6.07) is 16.9. The zero-order chi connectivity index (χ0) is 17.6. The van der Waals surface area contributed by atoms with Crippen LogP contribution >= 0.6 is 11.8 Å². The Bertz CT molecular complexity index is 851. The standard InChI is InChI=1S/C18H18N4O2S/c1-22-12-19-21-18(22)25-16(13-7-4-3-5-8-13)17(23)20-14-9-6-10-15(11-14)24-2/h3-12,16H,1-2H3,(H,20,23)/t16-/m1/s1. The van der Waals surface area contributed by atoms with Gasteiger partial charge in [0, 0.05) is 18.8 Å². The molecule has 1 N–H and O–H groups in total. The molecule has 0 saturated heterocycles. The van der Waals surface area contributed by atoms with Gasteiger partial charge in [0.1, 0.15) is 17.3 Å². The number of nitrogens with zero attached hydrogens (tertiary/aromatic N) is 3. The van der Waals surface area contributed by atoms with Crippen LogP contribution in [0.2, 0.25) is 0 Å². The predicted molar refractivity (Wildman–Crippen MR) is 97.7 cm³/mol. The maximum Gasteiger partial charge on any atom is 0.242 e. The van der Waals surface area contributed by atoms with Crippen LogP contribution in [-0.4, -0.2) is 27.8 Å². The fourth-order valence-corrected chi connectivity index (χ4v) is 3.27. The van der Waals surface area contributed by atoms with Crippen LogP contribution in [0.5, 0.6) is 5.75 Å². The van der Waals surface area contributed by atoms with Gasteiger partial charge in [-0.15, -0.1) is 10.2 Å². The number of carbonyl (C=O) groups is 1. The lowest BCUT2D eigenvalue weighted by atomic mass is 10.1. The second kappa shape index (κ2) is 7.85. The Kier molecular flexibility index (Phi) is 5.35. The van der Waals surface area contributed by atoms with Crippen LogP contribution in [0.15, 0.2) is 66.1 Å². The summed E-state index contributed by atoms with van der Waals surface area (Å²) >= 11 is 1.36. The van der Waals surface area contributed by atoms with Crippen molar-refractivity contribution in [3.63, 3.8) is 0 Å². The number of anilines is 1. The van der Waals surface area contributed by atoms with Crippen LogP contribution in [0.3, 0.4) is 0 Å². The van der Waals surface area contributed by atoms with E-state index in [1.807, 2.05) is 55.6 Å². The number of nitrogens with one attached hydrogen (secondary N) is 1. The lowest BCUT2D eigenvalue weighted by Crippen LogP contribution is -2.19. The van der Waals surface area contributed by atoms with Crippen LogP contribution in [-0.2, 0) is 11.8 Å². The van der Waals surface area contributed by atoms with E-state index >= 15 is 0 Å². The van der Waals surface area contributed by atoms with Crippen molar-refractivity contribution in [2.75, 3.05) is 12.4 Å². The highest BCUT2D eigenvalue weighted by atomic mass is 32.2. The van der Waals surface area contributed by atoms with Crippen LogP contribution < -0.4 is 10.1 Å². The first kappa shape index (κ1) is 17.0. The van der Waals surface area contributed by atoms with Gasteiger partial charge >= 0.3 is 0 Å². The minimum absolute atomic E-state index is 0.132. The Morgan fingerprint density at radius 2 is 2.00 bits per heavy atom. The first-order chi connectivity index (χ1) is 12.2. The monoisotopic (exact) mass is 354 g/mol. The summed E-state index contributed by atoms with van der Waals surface area (Å²) < 4.78 is 7.00. The van der Waals surface area contributed by atoms with Crippen LogP contribution in [0.1, 0.15) is 10.8 Å². The summed E-state index contributed by atoms with van der Waals surface area (Å²) in [5.74, 6) is 0.558. The van der Waals surface area contributed by atoms with Gasteiger partial charge in [-0.3, -0.25) is 4.79 Å². The first-order valence-electron chi connectivity index (χ1n) is 7.68. The van der Waals surface area contributed by atoms with Gasteiger partial charge in [0.25, 0.3) is 0 Å². The molecule has 1 aromatic heterocycles. The van der Waals surface area contributed by atoms with Gasteiger partial charge in [-0.1, -0.05) is 48.2 Å². The van der Waals surface area contributed by atoms with Gasteiger partial charge in [0.2, 0.25) is 5.91 Å². The molecule has 0 aliphatic heterocycles. The highest BCUT2D eigenvalue weighted by molar-refractivity contribution is 8.00. The minimum Gasteiger partial charge on any atom is -0.497 e. The van der Waals surface area contributed by atoms with Crippen LogP contribution in [0, 0.1) is 0 Å². The molecule has 1 atom stereocenters. The maximum absolute atomic E-state index is 12.9. The van der Waals surface area contributed by atoms with E-state index in [1.165, 1.54) is 11.8 Å². The molecule has 0 aliphatic carbocycles. The van der Waals surface area contributed by atoms with Gasteiger partial charge in [0.05, 0.1) is 7.11 Å². The lowest BCUT2D eigenvalue weighted by Gasteiger charge is -2.16. The molecule has 0 radical (unpaired) electrons. The normalized spacial score (nSPS) is 11.8. The molecule has 0 bridgehead atoms. The third kappa shape index (κ3) is 4.19. The number of hydrogen-bond acceptors (Lipinski definition) is 5. The number of carbonyl (C=O) groups excluding carboxylic acids is 1. The number of hydrogen-bond donors (Lipinski definition) is 1. The fraction of sp³-hybridized carbons (Fsp3) is 0.167. The van der Waals surface area contributed by atoms with Gasteiger partial charge in [-0.05, 0) is 17.7 Å². The molecule has 1 amide bonds. The van der Waals surface area contributed by atoms with Gasteiger partial charge in [-0.2, -0.15) is 0 Å². The van der Waals surface area contributed by atoms with Crippen LogP contribution in [0.4, 0.5) is 5.69 Å². The molecule has 0 fully saturated rings. The molecule has 25 heavy (non-hydrogen) atoms. The van der Waals surface area contributed by atoms with Crippen molar-refractivity contribution >= 4 is 23.4 Å². The third-order valence-electron chi connectivity index (χ3n) is 3.57. The van der Waals surface area contributed by atoms with Crippen molar-refractivity contribution < 1.29 is 9.53 Å². The number of amides is 1. The van der Waals surface area contributed by atoms with E-state index in [4.69, 9.17) is 4.74 Å². The number of aryl methyl sites for hydroxylation is 1. The molecule has 1 heterocycles. The topological polar surface area (TPSA) is 69.0 Å². The third-order valence-corrected chi connectivity index (χ3v) is 4.87. The Morgan fingerprint density at radius 3 is 2.68 bits per heavy atom. The molecule has 0 saturated carbocycles. The second-order valence-electron chi connectivity index (χ2n) is 5.35. The molecule has 3 aromatic rings. The lowest BCUT2D eigenvalue weighted by molar-refractivity contribution is -0.115. The zero-order valence-electron chi connectivity index (χ0n) is 13.9. The summed E-state index contributed by atoms with van der Waals surface area (Å²) in [7, 11) is 3.45. The van der Waals surface area contributed by atoms with Gasteiger partial charge < -0.3 is 14.6 Å². The highest BCUT2D eigenvalue weighted by Crippen LogP contribution is 2.35. The number of rotatable bonds is 6. The van der Waals surface area contributed by atoms with Crippen molar-refractivity contribution in [3.05, 3.63) is 66.5 Å². The molecule has 0 aliphatic rings. The Labute approximate surface area is 150 Å².